The highest BCUT2D eigenvalue weighted by Crippen LogP contribution is 2.26. The molecule has 0 radical (unpaired) electrons. The fourth-order valence-electron chi connectivity index (χ4n) is 2.83. The van der Waals surface area contributed by atoms with Gasteiger partial charge >= 0.3 is 0 Å². The number of amides is 2. The Kier molecular flexibility index (Phi) is 7.87. The number of thiazole rings is 1. The van der Waals surface area contributed by atoms with Crippen LogP contribution in [0.5, 0.6) is 0 Å². The maximum absolute atomic E-state index is 12.7. The number of hydrogen-bond donors (Lipinski definition) is 2. The molecule has 0 fully saturated rings. The maximum Gasteiger partial charge on any atom is 0.255 e. The molecule has 0 spiro atoms. The molecular formula is C24H27N3O2S2. The van der Waals surface area contributed by atoms with E-state index in [1.807, 2.05) is 43.5 Å². The Morgan fingerprint density at radius 3 is 2.35 bits per heavy atom. The summed E-state index contributed by atoms with van der Waals surface area (Å²) in [6, 6.07) is 12.9. The van der Waals surface area contributed by atoms with Gasteiger partial charge in [-0.15, -0.1) is 11.3 Å². The summed E-state index contributed by atoms with van der Waals surface area (Å²) < 4.78 is 1.05. The van der Waals surface area contributed by atoms with Gasteiger partial charge in [-0.25, -0.2) is 4.98 Å². The topological polar surface area (TPSA) is 71.1 Å². The first-order valence-corrected chi connectivity index (χ1v) is 12.0. The van der Waals surface area contributed by atoms with E-state index in [4.69, 9.17) is 0 Å². The summed E-state index contributed by atoms with van der Waals surface area (Å²) in [4.78, 5) is 29.3. The summed E-state index contributed by atoms with van der Waals surface area (Å²) in [5.74, 6) is 0.935. The molecule has 0 saturated carbocycles. The molecule has 1 heterocycles. The minimum absolute atomic E-state index is 0.101. The van der Waals surface area contributed by atoms with Crippen molar-refractivity contribution in [3.63, 3.8) is 0 Å². The molecule has 2 aromatic carbocycles. The molecule has 7 heteroatoms. The van der Waals surface area contributed by atoms with E-state index in [1.54, 1.807) is 41.3 Å². The van der Waals surface area contributed by atoms with Gasteiger partial charge < -0.3 is 10.6 Å². The van der Waals surface area contributed by atoms with Crippen molar-refractivity contribution in [1.29, 1.82) is 0 Å². The molecule has 162 valence electrons. The van der Waals surface area contributed by atoms with Gasteiger partial charge in [0.15, 0.2) is 0 Å². The zero-order valence-electron chi connectivity index (χ0n) is 18.2. The summed E-state index contributed by atoms with van der Waals surface area (Å²) in [6.45, 7) is 8.61. The first-order valence-electron chi connectivity index (χ1n) is 10.2. The molecule has 3 aromatic rings. The van der Waals surface area contributed by atoms with E-state index in [2.05, 4.69) is 29.5 Å². The summed E-state index contributed by atoms with van der Waals surface area (Å²) >= 11 is 3.34. The van der Waals surface area contributed by atoms with Gasteiger partial charge in [0.2, 0.25) is 0 Å². The highest BCUT2D eigenvalue weighted by Gasteiger charge is 2.11. The maximum atomic E-state index is 12.7. The fraction of sp³-hybridized carbons (Fsp3) is 0.292. The first kappa shape index (κ1) is 23.0. The van der Waals surface area contributed by atoms with Gasteiger partial charge in [-0.2, -0.15) is 0 Å². The van der Waals surface area contributed by atoms with Crippen LogP contribution in [0, 0.1) is 19.8 Å². The number of carbonyl (C=O) groups excluding carboxylic acids is 2. The highest BCUT2D eigenvalue weighted by molar-refractivity contribution is 8.00. The Morgan fingerprint density at radius 1 is 1.03 bits per heavy atom. The van der Waals surface area contributed by atoms with E-state index in [0.717, 1.165) is 26.9 Å². The van der Waals surface area contributed by atoms with Crippen molar-refractivity contribution < 1.29 is 9.59 Å². The second kappa shape index (κ2) is 10.6. The first-order chi connectivity index (χ1) is 14.8. The van der Waals surface area contributed by atoms with Gasteiger partial charge in [0.05, 0.1) is 0 Å². The Balaban J connectivity index is 1.58. The van der Waals surface area contributed by atoms with Crippen molar-refractivity contribution in [2.45, 2.75) is 37.8 Å². The van der Waals surface area contributed by atoms with E-state index in [-0.39, 0.29) is 11.8 Å². The number of carbonyl (C=O) groups is 2. The quantitative estimate of drug-likeness (QED) is 0.430. The van der Waals surface area contributed by atoms with Gasteiger partial charge in [-0.05, 0) is 61.2 Å². The number of nitrogens with one attached hydrogen (secondary N) is 2. The molecule has 2 N–H and O–H groups in total. The van der Waals surface area contributed by atoms with E-state index >= 15 is 0 Å². The van der Waals surface area contributed by atoms with Crippen LogP contribution < -0.4 is 10.6 Å². The third-order valence-corrected chi connectivity index (χ3v) is 6.79. The van der Waals surface area contributed by atoms with Crippen LogP contribution in [0.15, 0.2) is 52.2 Å². The smallest absolute Gasteiger partial charge is 0.255 e. The van der Waals surface area contributed by atoms with Crippen molar-refractivity contribution in [3.8, 4) is 0 Å². The van der Waals surface area contributed by atoms with Crippen molar-refractivity contribution in [1.82, 2.24) is 10.3 Å². The number of thioether (sulfide) groups is 1. The second-order valence-electron chi connectivity index (χ2n) is 7.83. The molecule has 0 bridgehead atoms. The van der Waals surface area contributed by atoms with Crippen molar-refractivity contribution >= 4 is 40.6 Å². The minimum atomic E-state index is -0.171. The number of hydrogen-bond acceptors (Lipinski definition) is 5. The average Bonchev–Trinajstić information content (AvgIpc) is 3.17. The van der Waals surface area contributed by atoms with Crippen LogP contribution in [-0.2, 0) is 5.75 Å². The highest BCUT2D eigenvalue weighted by atomic mass is 32.2. The van der Waals surface area contributed by atoms with Gasteiger partial charge in [0, 0.05) is 40.2 Å². The van der Waals surface area contributed by atoms with Crippen LogP contribution >= 0.6 is 23.1 Å². The summed E-state index contributed by atoms with van der Waals surface area (Å²) in [5, 5.41) is 7.89. The standard InChI is InChI=1S/C24H27N3O2S2/c1-15(2)12-25-22(28)20-9-10-21(16(3)11-20)27-23(29)19-7-5-18(6-8-19)14-31-24-26-17(4)13-30-24/h5-11,13,15H,12,14H2,1-4H3,(H,25,28)(H,27,29). The lowest BCUT2D eigenvalue weighted by atomic mass is 10.1. The average molecular weight is 454 g/mol. The van der Waals surface area contributed by atoms with Crippen LogP contribution in [0.25, 0.3) is 0 Å². The zero-order valence-corrected chi connectivity index (χ0v) is 19.8. The van der Waals surface area contributed by atoms with E-state index in [1.165, 1.54) is 0 Å². The third-order valence-electron chi connectivity index (χ3n) is 4.58. The number of aromatic nitrogens is 1. The molecule has 0 aliphatic heterocycles. The van der Waals surface area contributed by atoms with Crippen LogP contribution in [0.4, 0.5) is 5.69 Å². The van der Waals surface area contributed by atoms with Crippen LogP contribution in [0.1, 0.15) is 51.4 Å². The molecule has 5 nitrogen and oxygen atoms in total. The Bertz CT molecular complexity index is 1060. The summed E-state index contributed by atoms with van der Waals surface area (Å²) in [7, 11) is 0. The molecule has 31 heavy (non-hydrogen) atoms. The lowest BCUT2D eigenvalue weighted by Gasteiger charge is -2.12. The van der Waals surface area contributed by atoms with E-state index < -0.39 is 0 Å². The molecule has 2 amide bonds. The van der Waals surface area contributed by atoms with Crippen molar-refractivity contribution in [2.75, 3.05) is 11.9 Å². The monoisotopic (exact) mass is 453 g/mol. The molecule has 0 atom stereocenters. The summed E-state index contributed by atoms with van der Waals surface area (Å²) in [6.07, 6.45) is 0. The largest absolute Gasteiger partial charge is 0.352 e. The number of anilines is 1. The SMILES string of the molecule is Cc1csc(SCc2ccc(C(=O)Nc3ccc(C(=O)NCC(C)C)cc3C)cc2)n1. The fourth-order valence-corrected chi connectivity index (χ4v) is 4.64. The molecule has 0 saturated heterocycles. The summed E-state index contributed by atoms with van der Waals surface area (Å²) in [5.41, 5.74) is 4.91. The molecule has 3 rings (SSSR count). The van der Waals surface area contributed by atoms with Gasteiger partial charge in [-0.3, -0.25) is 9.59 Å². The van der Waals surface area contributed by atoms with Crippen LogP contribution in [0.2, 0.25) is 0 Å². The van der Waals surface area contributed by atoms with Gasteiger partial charge in [0.25, 0.3) is 11.8 Å². The third kappa shape index (κ3) is 6.67. The number of nitrogens with zero attached hydrogens (tertiary/aromatic N) is 1. The Morgan fingerprint density at radius 2 is 1.74 bits per heavy atom. The number of benzene rings is 2. The number of aryl methyl sites for hydroxylation is 2. The Hall–Kier alpha value is -2.64. The number of rotatable bonds is 8. The van der Waals surface area contributed by atoms with Gasteiger partial charge in [0.1, 0.15) is 4.34 Å². The molecule has 1 aromatic heterocycles. The van der Waals surface area contributed by atoms with E-state index in [0.29, 0.717) is 29.3 Å². The normalized spacial score (nSPS) is 10.9. The Labute approximate surface area is 191 Å². The lowest BCUT2D eigenvalue weighted by molar-refractivity contribution is 0.0948. The second-order valence-corrected chi connectivity index (χ2v) is 9.91. The zero-order chi connectivity index (χ0) is 22.4. The molecule has 0 unspecified atom stereocenters. The molecule has 0 aliphatic rings. The predicted molar refractivity (Wildman–Crippen MR) is 129 cm³/mol. The van der Waals surface area contributed by atoms with Crippen LogP contribution in [0.3, 0.4) is 0 Å². The van der Waals surface area contributed by atoms with Crippen molar-refractivity contribution in [3.05, 3.63) is 75.8 Å². The van der Waals surface area contributed by atoms with Crippen LogP contribution in [-0.4, -0.2) is 23.3 Å². The molecular weight excluding hydrogens is 426 g/mol. The lowest BCUT2D eigenvalue weighted by Crippen LogP contribution is -2.27. The van der Waals surface area contributed by atoms with E-state index in [9.17, 15) is 9.59 Å². The van der Waals surface area contributed by atoms with Crippen molar-refractivity contribution in [2.24, 2.45) is 5.92 Å². The molecule has 0 aliphatic carbocycles. The predicted octanol–water partition coefficient (Wildman–Crippen LogP) is 5.69. The van der Waals surface area contributed by atoms with Gasteiger partial charge in [-0.1, -0.05) is 37.7 Å². The minimum Gasteiger partial charge on any atom is -0.352 e.